The molecule has 6 nitrogen and oxygen atoms in total. The Morgan fingerprint density at radius 1 is 1.14 bits per heavy atom. The van der Waals surface area contributed by atoms with Crippen LogP contribution in [-0.4, -0.2) is 51.2 Å². The van der Waals surface area contributed by atoms with E-state index in [1.165, 1.54) is 11.3 Å². The van der Waals surface area contributed by atoms with Crippen LogP contribution in [0, 0.1) is 0 Å². The average molecular weight is 365 g/mol. The van der Waals surface area contributed by atoms with Gasteiger partial charge in [0.2, 0.25) is 5.95 Å². The van der Waals surface area contributed by atoms with Crippen LogP contribution in [0.1, 0.15) is 31.0 Å². The molecule has 1 N–H and O–H groups in total. The van der Waals surface area contributed by atoms with Gasteiger partial charge in [-0.25, -0.2) is 9.97 Å². The van der Waals surface area contributed by atoms with Crippen LogP contribution in [0.2, 0.25) is 0 Å². The molecule has 2 aromatic rings. The zero-order chi connectivity index (χ0) is 15.5. The molecule has 1 saturated heterocycles. The molecule has 3 heterocycles. The molecule has 0 amide bonds. The largest absolute Gasteiger partial charge is 0.338 e. The van der Waals surface area contributed by atoms with Gasteiger partial charge in [-0.1, -0.05) is 13.8 Å². The molecular formula is C15H21BrN6. The van der Waals surface area contributed by atoms with Gasteiger partial charge in [-0.2, -0.15) is 5.10 Å². The van der Waals surface area contributed by atoms with Gasteiger partial charge < -0.3 is 4.90 Å². The van der Waals surface area contributed by atoms with E-state index in [1.54, 1.807) is 12.4 Å². The summed E-state index contributed by atoms with van der Waals surface area (Å²) in [4.78, 5) is 13.5. The molecule has 0 spiro atoms. The summed E-state index contributed by atoms with van der Waals surface area (Å²) in [5, 5.41) is 7.32. The molecule has 0 atom stereocenters. The van der Waals surface area contributed by atoms with Crippen molar-refractivity contribution in [3.8, 4) is 0 Å². The Hall–Kier alpha value is -1.47. The number of rotatable bonds is 4. The highest BCUT2D eigenvalue weighted by atomic mass is 79.9. The molecule has 0 aliphatic carbocycles. The normalized spacial score (nSPS) is 16.5. The van der Waals surface area contributed by atoms with Crippen molar-refractivity contribution >= 4 is 21.9 Å². The maximum absolute atomic E-state index is 4.37. The Bertz CT molecular complexity index is 601. The van der Waals surface area contributed by atoms with Crippen molar-refractivity contribution < 1.29 is 0 Å². The van der Waals surface area contributed by atoms with Crippen molar-refractivity contribution in [1.82, 2.24) is 25.1 Å². The maximum Gasteiger partial charge on any atom is 0.225 e. The van der Waals surface area contributed by atoms with Gasteiger partial charge in [-0.15, -0.1) is 0 Å². The van der Waals surface area contributed by atoms with Crippen molar-refractivity contribution in [3.05, 3.63) is 34.3 Å². The fraction of sp³-hybridized carbons (Fsp3) is 0.533. The minimum atomic E-state index is 0.481. The third-order valence-electron chi connectivity index (χ3n) is 3.98. The molecule has 2 aromatic heterocycles. The summed E-state index contributed by atoms with van der Waals surface area (Å²) in [6.07, 6.45) is 5.56. The first kappa shape index (κ1) is 15.4. The van der Waals surface area contributed by atoms with E-state index in [9.17, 15) is 0 Å². The molecule has 0 aromatic carbocycles. The molecule has 0 radical (unpaired) electrons. The minimum Gasteiger partial charge on any atom is -0.338 e. The molecule has 0 saturated carbocycles. The quantitative estimate of drug-likeness (QED) is 0.902. The van der Waals surface area contributed by atoms with Crippen LogP contribution in [0.15, 0.2) is 23.1 Å². The van der Waals surface area contributed by atoms with E-state index in [-0.39, 0.29) is 0 Å². The Balaban J connectivity index is 1.57. The number of nitrogens with zero attached hydrogens (tertiary/aromatic N) is 5. The number of anilines is 1. The first-order chi connectivity index (χ1) is 10.6. The summed E-state index contributed by atoms with van der Waals surface area (Å²) in [7, 11) is 0. The lowest BCUT2D eigenvalue weighted by Gasteiger charge is -2.34. The van der Waals surface area contributed by atoms with Crippen LogP contribution >= 0.6 is 15.9 Å². The molecular weight excluding hydrogens is 344 g/mol. The number of hydrogen-bond donors (Lipinski definition) is 1. The Labute approximate surface area is 139 Å². The Morgan fingerprint density at radius 3 is 2.45 bits per heavy atom. The summed E-state index contributed by atoms with van der Waals surface area (Å²) < 4.78 is 0.913. The summed E-state index contributed by atoms with van der Waals surface area (Å²) in [5.41, 5.74) is 2.56. The van der Waals surface area contributed by atoms with E-state index in [2.05, 4.69) is 59.7 Å². The molecule has 1 aliphatic heterocycles. The second-order valence-electron chi connectivity index (χ2n) is 5.93. The fourth-order valence-electron chi connectivity index (χ4n) is 2.76. The van der Waals surface area contributed by atoms with Crippen molar-refractivity contribution in [3.63, 3.8) is 0 Å². The Kier molecular flexibility index (Phi) is 4.73. The first-order valence-electron chi connectivity index (χ1n) is 7.60. The molecule has 1 aliphatic rings. The SMILES string of the molecule is CC(C)c1[nH]ncc1CN1CCN(c2ncc(Br)cn2)CC1. The summed E-state index contributed by atoms with van der Waals surface area (Å²) in [6, 6.07) is 0. The van der Waals surface area contributed by atoms with Gasteiger partial charge in [0.1, 0.15) is 0 Å². The summed E-state index contributed by atoms with van der Waals surface area (Å²) in [6.45, 7) is 9.29. The molecule has 0 unspecified atom stereocenters. The lowest BCUT2D eigenvalue weighted by Crippen LogP contribution is -2.46. The van der Waals surface area contributed by atoms with Crippen molar-refractivity contribution in [1.29, 1.82) is 0 Å². The van der Waals surface area contributed by atoms with Crippen LogP contribution in [0.4, 0.5) is 5.95 Å². The van der Waals surface area contributed by atoms with Crippen LogP contribution in [0.25, 0.3) is 0 Å². The third-order valence-corrected chi connectivity index (χ3v) is 4.39. The van der Waals surface area contributed by atoms with E-state index < -0.39 is 0 Å². The fourth-order valence-corrected chi connectivity index (χ4v) is 2.97. The van der Waals surface area contributed by atoms with E-state index in [1.807, 2.05) is 6.20 Å². The second kappa shape index (κ2) is 6.75. The summed E-state index contributed by atoms with van der Waals surface area (Å²) >= 11 is 3.37. The van der Waals surface area contributed by atoms with Crippen LogP contribution in [0.3, 0.4) is 0 Å². The molecule has 3 rings (SSSR count). The van der Waals surface area contributed by atoms with Gasteiger partial charge in [0.15, 0.2) is 0 Å². The number of aromatic amines is 1. The minimum absolute atomic E-state index is 0.481. The second-order valence-corrected chi connectivity index (χ2v) is 6.84. The zero-order valence-electron chi connectivity index (χ0n) is 13.0. The highest BCUT2D eigenvalue weighted by Crippen LogP contribution is 2.19. The lowest BCUT2D eigenvalue weighted by atomic mass is 10.1. The molecule has 7 heteroatoms. The zero-order valence-corrected chi connectivity index (χ0v) is 14.5. The number of aromatic nitrogens is 4. The van der Waals surface area contributed by atoms with E-state index >= 15 is 0 Å². The van der Waals surface area contributed by atoms with E-state index in [4.69, 9.17) is 0 Å². The standard InChI is InChI=1S/C15H21BrN6/c1-11(2)14-12(7-19-20-14)10-21-3-5-22(6-4-21)15-17-8-13(16)9-18-15/h7-9,11H,3-6,10H2,1-2H3,(H,19,20). The smallest absolute Gasteiger partial charge is 0.225 e. The van der Waals surface area contributed by atoms with Gasteiger partial charge in [-0.3, -0.25) is 10.00 Å². The van der Waals surface area contributed by atoms with Crippen LogP contribution in [0.5, 0.6) is 0 Å². The highest BCUT2D eigenvalue weighted by molar-refractivity contribution is 9.10. The number of nitrogens with one attached hydrogen (secondary N) is 1. The van der Waals surface area contributed by atoms with Gasteiger partial charge in [0.25, 0.3) is 0 Å². The predicted molar refractivity (Wildman–Crippen MR) is 89.9 cm³/mol. The van der Waals surface area contributed by atoms with E-state index in [0.29, 0.717) is 5.92 Å². The van der Waals surface area contributed by atoms with Gasteiger partial charge in [-0.05, 0) is 21.8 Å². The average Bonchev–Trinajstić information content (AvgIpc) is 2.97. The molecule has 1 fully saturated rings. The number of H-pyrrole nitrogens is 1. The van der Waals surface area contributed by atoms with E-state index in [0.717, 1.165) is 43.1 Å². The Morgan fingerprint density at radius 2 is 1.82 bits per heavy atom. The summed E-state index contributed by atoms with van der Waals surface area (Å²) in [5.74, 6) is 1.30. The van der Waals surface area contributed by atoms with Crippen molar-refractivity contribution in [2.45, 2.75) is 26.3 Å². The molecule has 118 valence electrons. The lowest BCUT2D eigenvalue weighted by molar-refractivity contribution is 0.248. The topological polar surface area (TPSA) is 60.9 Å². The predicted octanol–water partition coefficient (Wildman–Crippen LogP) is 2.41. The third kappa shape index (κ3) is 3.47. The highest BCUT2D eigenvalue weighted by Gasteiger charge is 2.20. The first-order valence-corrected chi connectivity index (χ1v) is 8.40. The van der Waals surface area contributed by atoms with Crippen molar-refractivity contribution in [2.75, 3.05) is 31.1 Å². The van der Waals surface area contributed by atoms with Gasteiger partial charge in [0, 0.05) is 56.4 Å². The number of halogens is 1. The molecule has 22 heavy (non-hydrogen) atoms. The maximum atomic E-state index is 4.37. The molecule has 0 bridgehead atoms. The number of hydrogen-bond acceptors (Lipinski definition) is 5. The number of piperazine rings is 1. The van der Waals surface area contributed by atoms with Crippen LogP contribution < -0.4 is 4.90 Å². The monoisotopic (exact) mass is 364 g/mol. The van der Waals surface area contributed by atoms with Crippen LogP contribution in [-0.2, 0) is 6.54 Å². The van der Waals surface area contributed by atoms with Gasteiger partial charge >= 0.3 is 0 Å². The van der Waals surface area contributed by atoms with Gasteiger partial charge in [0.05, 0.1) is 10.7 Å². The van der Waals surface area contributed by atoms with Crippen molar-refractivity contribution in [2.24, 2.45) is 0 Å².